The Balaban J connectivity index is 1.66. The molecule has 2 aliphatic rings. The van der Waals surface area contributed by atoms with Crippen LogP contribution in [0.15, 0.2) is 54.6 Å². The zero-order valence-corrected chi connectivity index (χ0v) is 15.0. The molecular formula is C21H30N4. The van der Waals surface area contributed by atoms with Gasteiger partial charge in [-0.2, -0.15) is 0 Å². The first-order chi connectivity index (χ1) is 12.4. The van der Waals surface area contributed by atoms with Gasteiger partial charge < -0.3 is 16.0 Å². The predicted molar refractivity (Wildman–Crippen MR) is 104 cm³/mol. The van der Waals surface area contributed by atoms with Gasteiger partial charge in [0.05, 0.1) is 0 Å². The molecule has 0 atom stereocenters. The third kappa shape index (κ3) is 6.59. The minimum Gasteiger partial charge on any atom is -0.314 e. The number of fused-ring (bicyclic) bond motifs is 13. The van der Waals surface area contributed by atoms with Crippen LogP contribution < -0.4 is 16.0 Å². The maximum absolute atomic E-state index is 3.55. The van der Waals surface area contributed by atoms with Crippen LogP contribution in [0.3, 0.4) is 0 Å². The maximum Gasteiger partial charge on any atom is 0.0237 e. The van der Waals surface area contributed by atoms with Gasteiger partial charge in [-0.1, -0.05) is 54.6 Å². The largest absolute Gasteiger partial charge is 0.314 e. The Morgan fingerprint density at radius 1 is 0.680 bits per heavy atom. The maximum atomic E-state index is 3.55. The van der Waals surface area contributed by atoms with Gasteiger partial charge >= 0.3 is 0 Å². The van der Waals surface area contributed by atoms with Gasteiger partial charge in [0.2, 0.25) is 0 Å². The molecule has 4 rings (SSSR count). The lowest BCUT2D eigenvalue weighted by molar-refractivity contribution is 0.256. The van der Waals surface area contributed by atoms with Gasteiger partial charge in [0.15, 0.2) is 0 Å². The molecule has 0 fully saturated rings. The average molecular weight is 338 g/mol. The Kier molecular flexibility index (Phi) is 7.46. The van der Waals surface area contributed by atoms with E-state index in [9.17, 15) is 0 Å². The molecule has 0 saturated carbocycles. The second-order valence-corrected chi connectivity index (χ2v) is 6.69. The molecule has 134 valence electrons. The molecule has 3 N–H and O–H groups in total. The number of nitrogens with zero attached hydrogens (tertiary/aromatic N) is 1. The van der Waals surface area contributed by atoms with Gasteiger partial charge in [0, 0.05) is 58.9 Å². The van der Waals surface area contributed by atoms with E-state index in [2.05, 4.69) is 75.4 Å². The number of hydrogen-bond donors (Lipinski definition) is 3. The zero-order valence-electron chi connectivity index (χ0n) is 15.0. The molecule has 4 heteroatoms. The van der Waals surface area contributed by atoms with Crippen molar-refractivity contribution < 1.29 is 0 Å². The minimum absolute atomic E-state index is 0.938. The summed E-state index contributed by atoms with van der Waals surface area (Å²) in [4.78, 5) is 2.52. The zero-order chi connectivity index (χ0) is 17.2. The van der Waals surface area contributed by atoms with Gasteiger partial charge in [0.25, 0.3) is 0 Å². The van der Waals surface area contributed by atoms with Crippen molar-refractivity contribution in [3.63, 3.8) is 0 Å². The van der Waals surface area contributed by atoms with Crippen LogP contribution in [-0.4, -0.2) is 44.2 Å². The van der Waals surface area contributed by atoms with Crippen molar-refractivity contribution in [2.45, 2.75) is 19.6 Å². The van der Waals surface area contributed by atoms with Crippen LogP contribution in [0.4, 0.5) is 0 Å². The third-order valence-corrected chi connectivity index (χ3v) is 4.57. The van der Waals surface area contributed by atoms with Gasteiger partial charge in [-0.25, -0.2) is 0 Å². The first kappa shape index (κ1) is 18.1. The van der Waals surface area contributed by atoms with Crippen molar-refractivity contribution in [2.24, 2.45) is 0 Å². The average Bonchev–Trinajstić information content (AvgIpc) is 2.64. The normalized spacial score (nSPS) is 18.2. The SMILES string of the molecule is c1ccc(CN2CCNCCNCCNCc3ccc(cc3)C2)cc1. The Bertz CT molecular complexity index is 597. The van der Waals surface area contributed by atoms with Crippen molar-refractivity contribution in [1.29, 1.82) is 0 Å². The van der Waals surface area contributed by atoms with Gasteiger partial charge in [-0.15, -0.1) is 0 Å². The third-order valence-electron chi connectivity index (χ3n) is 4.57. The van der Waals surface area contributed by atoms with E-state index in [-0.39, 0.29) is 0 Å². The van der Waals surface area contributed by atoms with Crippen LogP contribution in [-0.2, 0) is 19.6 Å². The molecule has 0 aromatic heterocycles. The highest BCUT2D eigenvalue weighted by Gasteiger charge is 2.07. The number of benzene rings is 2. The Morgan fingerprint density at radius 3 is 2.08 bits per heavy atom. The van der Waals surface area contributed by atoms with Gasteiger partial charge in [0.1, 0.15) is 0 Å². The molecule has 2 aromatic carbocycles. The summed E-state index contributed by atoms with van der Waals surface area (Å²) in [5.74, 6) is 0. The monoisotopic (exact) mass is 338 g/mol. The standard InChI is InChI=1S/C21H30N4/c1-2-4-20(5-3-1)17-25-15-14-23-11-10-22-12-13-24-16-19-6-8-21(18-25)9-7-19/h1-9,22-24H,10-18H2. The highest BCUT2D eigenvalue weighted by Crippen LogP contribution is 2.11. The van der Waals surface area contributed by atoms with Gasteiger partial charge in [-0.05, 0) is 16.7 Å². The highest BCUT2D eigenvalue weighted by atomic mass is 15.1. The molecular weight excluding hydrogens is 308 g/mol. The molecule has 0 unspecified atom stereocenters. The Morgan fingerprint density at radius 2 is 1.32 bits per heavy atom. The molecule has 4 nitrogen and oxygen atoms in total. The van der Waals surface area contributed by atoms with E-state index < -0.39 is 0 Å². The Labute approximate surface area is 151 Å². The smallest absolute Gasteiger partial charge is 0.0237 e. The second-order valence-electron chi connectivity index (χ2n) is 6.69. The molecule has 2 heterocycles. The molecule has 0 amide bonds. The summed E-state index contributed by atoms with van der Waals surface area (Å²) in [7, 11) is 0. The fraction of sp³-hybridized carbons (Fsp3) is 0.429. The fourth-order valence-corrected chi connectivity index (χ4v) is 3.15. The van der Waals surface area contributed by atoms with Crippen LogP contribution in [0, 0.1) is 0 Å². The summed E-state index contributed by atoms with van der Waals surface area (Å²) < 4.78 is 0. The lowest BCUT2D eigenvalue weighted by Gasteiger charge is -2.23. The van der Waals surface area contributed by atoms with Crippen LogP contribution in [0.5, 0.6) is 0 Å². The van der Waals surface area contributed by atoms with E-state index in [1.165, 1.54) is 16.7 Å². The van der Waals surface area contributed by atoms with Crippen molar-refractivity contribution in [3.8, 4) is 0 Å². The van der Waals surface area contributed by atoms with Crippen LogP contribution >= 0.6 is 0 Å². The minimum atomic E-state index is 0.938. The van der Waals surface area contributed by atoms with Crippen LogP contribution in [0.1, 0.15) is 16.7 Å². The number of rotatable bonds is 2. The van der Waals surface area contributed by atoms with Crippen LogP contribution in [0.25, 0.3) is 0 Å². The van der Waals surface area contributed by atoms with Crippen molar-refractivity contribution >= 4 is 0 Å². The Hall–Kier alpha value is -1.72. The molecule has 0 aliphatic carbocycles. The summed E-state index contributed by atoms with van der Waals surface area (Å²) in [6.07, 6.45) is 0. The lowest BCUT2D eigenvalue weighted by atomic mass is 10.1. The first-order valence-corrected chi connectivity index (χ1v) is 9.36. The van der Waals surface area contributed by atoms with Crippen molar-refractivity contribution in [3.05, 3.63) is 71.3 Å². The molecule has 0 spiro atoms. The predicted octanol–water partition coefficient (Wildman–Crippen LogP) is 1.97. The van der Waals surface area contributed by atoms with E-state index >= 15 is 0 Å². The lowest BCUT2D eigenvalue weighted by Crippen LogP contribution is -2.36. The summed E-state index contributed by atoms with van der Waals surface area (Å²) in [5.41, 5.74) is 4.11. The first-order valence-electron chi connectivity index (χ1n) is 9.36. The molecule has 25 heavy (non-hydrogen) atoms. The van der Waals surface area contributed by atoms with Crippen LogP contribution in [0.2, 0.25) is 0 Å². The molecule has 2 aromatic rings. The quantitative estimate of drug-likeness (QED) is 0.732. The summed E-state index contributed by atoms with van der Waals surface area (Å²) >= 11 is 0. The van der Waals surface area contributed by atoms with E-state index in [1.54, 1.807) is 0 Å². The second kappa shape index (κ2) is 10.3. The fourth-order valence-electron chi connectivity index (χ4n) is 3.15. The van der Waals surface area contributed by atoms with Gasteiger partial charge in [-0.3, -0.25) is 4.90 Å². The van der Waals surface area contributed by atoms with E-state index in [0.29, 0.717) is 0 Å². The van der Waals surface area contributed by atoms with Crippen molar-refractivity contribution in [1.82, 2.24) is 20.9 Å². The molecule has 2 aliphatic heterocycles. The molecule has 2 bridgehead atoms. The number of nitrogens with one attached hydrogen (secondary N) is 3. The highest BCUT2D eigenvalue weighted by molar-refractivity contribution is 5.23. The molecule has 0 saturated heterocycles. The van der Waals surface area contributed by atoms with E-state index in [0.717, 1.165) is 58.9 Å². The summed E-state index contributed by atoms with van der Waals surface area (Å²) in [6, 6.07) is 19.8. The summed E-state index contributed by atoms with van der Waals surface area (Å²) in [6.45, 7) is 9.05. The molecule has 0 radical (unpaired) electrons. The van der Waals surface area contributed by atoms with E-state index in [1.807, 2.05) is 0 Å². The summed E-state index contributed by atoms with van der Waals surface area (Å²) in [5, 5.41) is 10.5. The topological polar surface area (TPSA) is 39.3 Å². The van der Waals surface area contributed by atoms with E-state index in [4.69, 9.17) is 0 Å². The van der Waals surface area contributed by atoms with Crippen molar-refractivity contribution in [2.75, 3.05) is 39.3 Å². The number of hydrogen-bond acceptors (Lipinski definition) is 4.